The lowest BCUT2D eigenvalue weighted by Crippen LogP contribution is -2.56. The van der Waals surface area contributed by atoms with Gasteiger partial charge in [-0.1, -0.05) is 18.2 Å². The van der Waals surface area contributed by atoms with Crippen LogP contribution in [0.2, 0.25) is 0 Å². The van der Waals surface area contributed by atoms with Crippen LogP contribution in [0.3, 0.4) is 0 Å². The van der Waals surface area contributed by atoms with Gasteiger partial charge in [-0.2, -0.15) is 0 Å². The molecule has 3 N–H and O–H groups in total. The van der Waals surface area contributed by atoms with Crippen LogP contribution in [0.25, 0.3) is 0 Å². The molecule has 1 saturated carbocycles. The molecule has 4 unspecified atom stereocenters. The van der Waals surface area contributed by atoms with Crippen molar-refractivity contribution in [2.24, 2.45) is 5.92 Å². The van der Waals surface area contributed by atoms with Gasteiger partial charge in [0.1, 0.15) is 18.0 Å². The van der Waals surface area contributed by atoms with Gasteiger partial charge in [-0.15, -0.1) is 0 Å². The molecule has 0 aromatic heterocycles. The zero-order chi connectivity index (χ0) is 23.5. The van der Waals surface area contributed by atoms with Crippen molar-refractivity contribution >= 4 is 11.8 Å². The number of benzene rings is 1. The van der Waals surface area contributed by atoms with Crippen molar-refractivity contribution < 1.29 is 29.3 Å². The third-order valence-corrected chi connectivity index (χ3v) is 6.44. The second-order valence-electron chi connectivity index (χ2n) is 9.26. The first-order valence-electron chi connectivity index (χ1n) is 11.9. The van der Waals surface area contributed by atoms with E-state index >= 15 is 0 Å². The Balaban J connectivity index is 1.64. The highest BCUT2D eigenvalue weighted by molar-refractivity contribution is 5.96. The number of rotatable bonds is 10. The highest BCUT2D eigenvalue weighted by Crippen LogP contribution is 2.47. The van der Waals surface area contributed by atoms with Gasteiger partial charge in [0, 0.05) is 36.8 Å². The SMILES string of the molecule is CC(C)OCCCN(C(=O)C1CC1)C1C=C(C(=O)NCCO)C2c3ccccc3OC2C1O. The second-order valence-corrected chi connectivity index (χ2v) is 9.26. The molecule has 4 atom stereocenters. The summed E-state index contributed by atoms with van der Waals surface area (Å²) in [5.41, 5.74) is 1.30. The fourth-order valence-corrected chi connectivity index (χ4v) is 4.72. The lowest BCUT2D eigenvalue weighted by molar-refractivity contribution is -0.138. The Labute approximate surface area is 194 Å². The highest BCUT2D eigenvalue weighted by atomic mass is 16.5. The molecular formula is C25H34N2O6. The van der Waals surface area contributed by atoms with Crippen molar-refractivity contribution in [1.29, 1.82) is 0 Å². The van der Waals surface area contributed by atoms with E-state index in [9.17, 15) is 19.8 Å². The van der Waals surface area contributed by atoms with Crippen LogP contribution in [0.5, 0.6) is 5.75 Å². The van der Waals surface area contributed by atoms with Crippen LogP contribution in [0, 0.1) is 5.92 Å². The molecule has 4 rings (SSSR count). The fourth-order valence-electron chi connectivity index (χ4n) is 4.72. The normalized spacial score (nSPS) is 25.7. The smallest absolute Gasteiger partial charge is 0.247 e. The van der Waals surface area contributed by atoms with Crippen molar-refractivity contribution in [3.05, 3.63) is 41.5 Å². The summed E-state index contributed by atoms with van der Waals surface area (Å²) in [5, 5.41) is 23.3. The number of aliphatic hydroxyl groups excluding tert-OH is 2. The van der Waals surface area contributed by atoms with E-state index in [1.165, 1.54) is 0 Å². The van der Waals surface area contributed by atoms with E-state index in [0.29, 0.717) is 30.9 Å². The van der Waals surface area contributed by atoms with E-state index in [4.69, 9.17) is 9.47 Å². The maximum absolute atomic E-state index is 13.2. The first-order chi connectivity index (χ1) is 15.9. The molecule has 1 aliphatic heterocycles. The van der Waals surface area contributed by atoms with Gasteiger partial charge in [0.2, 0.25) is 11.8 Å². The number of hydrogen-bond acceptors (Lipinski definition) is 6. The minimum atomic E-state index is -0.981. The highest BCUT2D eigenvalue weighted by Gasteiger charge is 2.51. The number of para-hydroxylation sites is 1. The molecule has 0 radical (unpaired) electrons. The van der Waals surface area contributed by atoms with E-state index in [1.807, 2.05) is 38.1 Å². The number of nitrogens with zero attached hydrogens (tertiary/aromatic N) is 1. The topological polar surface area (TPSA) is 108 Å². The molecule has 8 nitrogen and oxygen atoms in total. The molecule has 0 spiro atoms. The largest absolute Gasteiger partial charge is 0.486 e. The predicted octanol–water partition coefficient (Wildman–Crippen LogP) is 1.36. The molecule has 33 heavy (non-hydrogen) atoms. The van der Waals surface area contributed by atoms with Gasteiger partial charge in [0.15, 0.2) is 0 Å². The first kappa shape index (κ1) is 23.7. The number of carbonyl (C=O) groups excluding carboxylic acids is 2. The van der Waals surface area contributed by atoms with Crippen molar-refractivity contribution in [2.45, 2.75) is 63.4 Å². The monoisotopic (exact) mass is 458 g/mol. The van der Waals surface area contributed by atoms with E-state index in [1.54, 1.807) is 11.0 Å². The zero-order valence-corrected chi connectivity index (χ0v) is 19.3. The molecule has 2 aliphatic carbocycles. The van der Waals surface area contributed by atoms with Gasteiger partial charge in [0.25, 0.3) is 0 Å². The van der Waals surface area contributed by atoms with Crippen molar-refractivity contribution in [2.75, 3.05) is 26.3 Å². The van der Waals surface area contributed by atoms with Crippen LogP contribution in [0.15, 0.2) is 35.9 Å². The summed E-state index contributed by atoms with van der Waals surface area (Å²) >= 11 is 0. The summed E-state index contributed by atoms with van der Waals surface area (Å²) in [5.74, 6) is -0.142. The number of nitrogens with one attached hydrogen (secondary N) is 1. The molecule has 1 fully saturated rings. The lowest BCUT2D eigenvalue weighted by atomic mass is 9.77. The number of fused-ring (bicyclic) bond motifs is 3. The fraction of sp³-hybridized carbons (Fsp3) is 0.600. The molecule has 1 heterocycles. The second kappa shape index (κ2) is 10.2. The Hall–Kier alpha value is -2.42. The van der Waals surface area contributed by atoms with Crippen LogP contribution in [0.1, 0.15) is 44.6 Å². The molecule has 3 aliphatic rings. The van der Waals surface area contributed by atoms with E-state index in [0.717, 1.165) is 18.4 Å². The first-order valence-corrected chi connectivity index (χ1v) is 11.9. The Morgan fingerprint density at radius 3 is 2.73 bits per heavy atom. The summed E-state index contributed by atoms with van der Waals surface area (Å²) in [6, 6.07) is 6.78. The number of amides is 2. The van der Waals surface area contributed by atoms with Crippen LogP contribution in [-0.4, -0.2) is 77.6 Å². The van der Waals surface area contributed by atoms with Crippen LogP contribution >= 0.6 is 0 Å². The Bertz CT molecular complexity index is 897. The van der Waals surface area contributed by atoms with E-state index < -0.39 is 24.2 Å². The van der Waals surface area contributed by atoms with Gasteiger partial charge in [-0.05, 0) is 45.3 Å². The third-order valence-electron chi connectivity index (χ3n) is 6.44. The third kappa shape index (κ3) is 5.08. The molecule has 180 valence electrons. The quantitative estimate of drug-likeness (QED) is 0.457. The van der Waals surface area contributed by atoms with Gasteiger partial charge in [0.05, 0.1) is 24.7 Å². The number of aliphatic hydroxyl groups is 2. The maximum atomic E-state index is 13.2. The van der Waals surface area contributed by atoms with Gasteiger partial charge >= 0.3 is 0 Å². The Morgan fingerprint density at radius 1 is 1.27 bits per heavy atom. The summed E-state index contributed by atoms with van der Waals surface area (Å²) in [6.07, 6.45) is 2.51. The van der Waals surface area contributed by atoms with E-state index in [-0.39, 0.29) is 37.0 Å². The van der Waals surface area contributed by atoms with Crippen molar-refractivity contribution in [3.8, 4) is 5.75 Å². The molecule has 8 heteroatoms. The summed E-state index contributed by atoms with van der Waals surface area (Å²) in [6.45, 7) is 4.82. The van der Waals surface area contributed by atoms with Crippen molar-refractivity contribution in [1.82, 2.24) is 10.2 Å². The summed E-state index contributed by atoms with van der Waals surface area (Å²) in [4.78, 5) is 28.0. The predicted molar refractivity (Wildman–Crippen MR) is 122 cm³/mol. The number of ether oxygens (including phenoxy) is 2. The lowest BCUT2D eigenvalue weighted by Gasteiger charge is -2.41. The number of carbonyl (C=O) groups is 2. The van der Waals surface area contributed by atoms with Crippen molar-refractivity contribution in [3.63, 3.8) is 0 Å². The van der Waals surface area contributed by atoms with Gasteiger partial charge in [-0.25, -0.2) is 0 Å². The average Bonchev–Trinajstić information content (AvgIpc) is 3.58. The Morgan fingerprint density at radius 2 is 2.03 bits per heavy atom. The molecule has 1 aromatic carbocycles. The van der Waals surface area contributed by atoms with E-state index in [2.05, 4.69) is 5.32 Å². The van der Waals surface area contributed by atoms with Crippen LogP contribution in [0.4, 0.5) is 0 Å². The number of hydrogen-bond donors (Lipinski definition) is 3. The zero-order valence-electron chi connectivity index (χ0n) is 19.3. The van der Waals surface area contributed by atoms with Crippen LogP contribution < -0.4 is 10.1 Å². The molecule has 0 bridgehead atoms. The maximum Gasteiger partial charge on any atom is 0.247 e. The molecule has 2 amide bonds. The molecule has 1 aromatic rings. The summed E-state index contributed by atoms with van der Waals surface area (Å²) in [7, 11) is 0. The van der Waals surface area contributed by atoms with Crippen LogP contribution in [-0.2, 0) is 14.3 Å². The molecular weight excluding hydrogens is 424 g/mol. The average molecular weight is 459 g/mol. The standard InChI is InChI=1S/C25H34N2O6/c1-15(2)32-13-5-11-27(25(31)16-8-9-16)19-14-18(24(30)26-10-12-28)21-17-6-3-4-7-20(17)33-23(21)22(19)29/h3-4,6-7,14-16,19,21-23,28-29H,5,8-13H2,1-2H3,(H,26,30). The minimum absolute atomic E-state index is 0.00363. The summed E-state index contributed by atoms with van der Waals surface area (Å²) < 4.78 is 11.8. The minimum Gasteiger partial charge on any atom is -0.486 e. The van der Waals surface area contributed by atoms with Gasteiger partial charge < -0.3 is 29.9 Å². The molecule has 0 saturated heterocycles. The Kier molecular flexibility index (Phi) is 7.36. The van der Waals surface area contributed by atoms with Gasteiger partial charge in [-0.3, -0.25) is 9.59 Å².